The fourth-order valence-electron chi connectivity index (χ4n) is 4.13. The van der Waals surface area contributed by atoms with Crippen LogP contribution >= 0.6 is 0 Å². The second-order valence-corrected chi connectivity index (χ2v) is 7.00. The molecule has 0 saturated carbocycles. The standard InChI is InChI=1S/C21H20N4O3/c1-2-27-15-6-3-5-13(9-15)20-19-16(24-21-22-12-23-25(20)21)10-14(11-17(19)26)18-7-4-8-28-18/h3-9,12,14,20H,2,10-11H2,1H3,(H,22,23,24)/t14-,20-/m0/s1. The molecule has 5 rings (SSSR count). The molecule has 1 aromatic carbocycles. The molecule has 7 heteroatoms. The van der Waals surface area contributed by atoms with E-state index >= 15 is 0 Å². The summed E-state index contributed by atoms with van der Waals surface area (Å²) in [7, 11) is 0. The average molecular weight is 376 g/mol. The normalized spacial score (nSPS) is 21.1. The van der Waals surface area contributed by atoms with Crippen molar-refractivity contribution in [3.05, 3.63) is 71.6 Å². The Morgan fingerprint density at radius 2 is 2.21 bits per heavy atom. The summed E-state index contributed by atoms with van der Waals surface area (Å²) in [5.41, 5.74) is 2.59. The molecule has 0 fully saturated rings. The van der Waals surface area contributed by atoms with E-state index in [-0.39, 0.29) is 17.7 Å². The van der Waals surface area contributed by atoms with Crippen LogP contribution in [0.4, 0.5) is 5.95 Å². The third kappa shape index (κ3) is 2.70. The summed E-state index contributed by atoms with van der Waals surface area (Å²) in [4.78, 5) is 17.6. The van der Waals surface area contributed by atoms with E-state index in [2.05, 4.69) is 15.4 Å². The second-order valence-electron chi connectivity index (χ2n) is 7.00. The first-order valence-corrected chi connectivity index (χ1v) is 9.43. The molecule has 1 aliphatic heterocycles. The lowest BCUT2D eigenvalue weighted by Gasteiger charge is -2.34. The van der Waals surface area contributed by atoms with Crippen molar-refractivity contribution < 1.29 is 13.9 Å². The van der Waals surface area contributed by atoms with Gasteiger partial charge in [-0.3, -0.25) is 4.79 Å². The van der Waals surface area contributed by atoms with Crippen LogP contribution in [-0.2, 0) is 4.79 Å². The smallest absolute Gasteiger partial charge is 0.226 e. The van der Waals surface area contributed by atoms with E-state index in [1.807, 2.05) is 43.3 Å². The van der Waals surface area contributed by atoms with E-state index in [1.165, 1.54) is 6.33 Å². The van der Waals surface area contributed by atoms with Gasteiger partial charge in [0.05, 0.1) is 12.9 Å². The van der Waals surface area contributed by atoms with Gasteiger partial charge in [-0.25, -0.2) is 4.68 Å². The Morgan fingerprint density at radius 1 is 1.29 bits per heavy atom. The van der Waals surface area contributed by atoms with Gasteiger partial charge >= 0.3 is 0 Å². The van der Waals surface area contributed by atoms with Crippen LogP contribution in [0.15, 0.2) is 64.7 Å². The highest BCUT2D eigenvalue weighted by molar-refractivity contribution is 6.00. The highest BCUT2D eigenvalue weighted by atomic mass is 16.5. The summed E-state index contributed by atoms with van der Waals surface area (Å²) in [6.45, 7) is 2.54. The summed E-state index contributed by atoms with van der Waals surface area (Å²) in [6.07, 6.45) is 4.27. The molecule has 2 aromatic heterocycles. The first-order valence-electron chi connectivity index (χ1n) is 9.43. The number of carbonyl (C=O) groups is 1. The number of carbonyl (C=O) groups excluding carboxylic acids is 1. The van der Waals surface area contributed by atoms with Crippen molar-refractivity contribution >= 4 is 11.7 Å². The predicted octanol–water partition coefficient (Wildman–Crippen LogP) is 3.69. The number of anilines is 1. The van der Waals surface area contributed by atoms with Gasteiger partial charge in [0, 0.05) is 23.6 Å². The molecule has 0 amide bonds. The summed E-state index contributed by atoms with van der Waals surface area (Å²) >= 11 is 0. The molecule has 7 nitrogen and oxygen atoms in total. The average Bonchev–Trinajstić information content (AvgIpc) is 3.38. The third-order valence-corrected chi connectivity index (χ3v) is 5.29. The van der Waals surface area contributed by atoms with Crippen molar-refractivity contribution in [1.82, 2.24) is 14.8 Å². The molecule has 28 heavy (non-hydrogen) atoms. The summed E-state index contributed by atoms with van der Waals surface area (Å²) < 4.78 is 13.0. The maximum absolute atomic E-state index is 13.2. The second kappa shape index (κ2) is 6.67. The van der Waals surface area contributed by atoms with Crippen LogP contribution < -0.4 is 10.1 Å². The highest BCUT2D eigenvalue weighted by Crippen LogP contribution is 2.44. The van der Waals surface area contributed by atoms with Crippen molar-refractivity contribution in [2.75, 3.05) is 11.9 Å². The van der Waals surface area contributed by atoms with Crippen LogP contribution in [0.3, 0.4) is 0 Å². The summed E-state index contributed by atoms with van der Waals surface area (Å²) in [5, 5.41) is 7.70. The fraction of sp³-hybridized carbons (Fsp3) is 0.286. The Hall–Kier alpha value is -3.35. The summed E-state index contributed by atoms with van der Waals surface area (Å²) in [5.74, 6) is 2.38. The van der Waals surface area contributed by atoms with Gasteiger partial charge < -0.3 is 14.5 Å². The van der Waals surface area contributed by atoms with Crippen molar-refractivity contribution in [3.63, 3.8) is 0 Å². The molecule has 142 valence electrons. The number of ether oxygens (including phenoxy) is 1. The van der Waals surface area contributed by atoms with Gasteiger partial charge in [-0.15, -0.1) is 0 Å². The van der Waals surface area contributed by atoms with Crippen molar-refractivity contribution in [1.29, 1.82) is 0 Å². The maximum atomic E-state index is 13.2. The molecular formula is C21H20N4O3. The number of rotatable bonds is 4. The number of aromatic nitrogens is 3. The van der Waals surface area contributed by atoms with E-state index in [1.54, 1.807) is 10.9 Å². The minimum Gasteiger partial charge on any atom is -0.494 e. The van der Waals surface area contributed by atoms with Gasteiger partial charge in [-0.1, -0.05) is 12.1 Å². The minimum absolute atomic E-state index is 0.0265. The SMILES string of the molecule is CCOc1cccc([C@H]2C3=C(C[C@H](c4ccco4)CC3=O)Nc3ncnn32)c1. The first-order chi connectivity index (χ1) is 13.7. The number of Topliss-reactive ketones (excluding diaryl/α,β-unsaturated/α-hetero) is 1. The third-order valence-electron chi connectivity index (χ3n) is 5.29. The number of ketones is 1. The van der Waals surface area contributed by atoms with E-state index < -0.39 is 0 Å². The Balaban J connectivity index is 1.60. The number of furan rings is 1. The monoisotopic (exact) mass is 376 g/mol. The van der Waals surface area contributed by atoms with E-state index in [0.29, 0.717) is 25.4 Å². The van der Waals surface area contributed by atoms with E-state index in [9.17, 15) is 4.79 Å². The Bertz CT molecular complexity index is 1050. The van der Waals surface area contributed by atoms with Gasteiger partial charge in [0.15, 0.2) is 5.78 Å². The van der Waals surface area contributed by atoms with E-state index in [4.69, 9.17) is 9.15 Å². The number of hydrogen-bond donors (Lipinski definition) is 1. The molecule has 0 saturated heterocycles. The molecule has 1 N–H and O–H groups in total. The van der Waals surface area contributed by atoms with Gasteiger partial charge in [-0.2, -0.15) is 10.1 Å². The zero-order valence-electron chi connectivity index (χ0n) is 15.5. The van der Waals surface area contributed by atoms with Crippen LogP contribution in [0.1, 0.15) is 43.0 Å². The molecule has 1 aliphatic carbocycles. The van der Waals surface area contributed by atoms with Crippen LogP contribution in [0, 0.1) is 0 Å². The van der Waals surface area contributed by atoms with Gasteiger partial charge in [-0.05, 0) is 43.2 Å². The van der Waals surface area contributed by atoms with Crippen molar-refractivity contribution in [2.45, 2.75) is 31.7 Å². The molecular weight excluding hydrogens is 356 g/mol. The topological polar surface area (TPSA) is 82.2 Å². The molecule has 3 heterocycles. The molecule has 0 unspecified atom stereocenters. The molecule has 0 bridgehead atoms. The van der Waals surface area contributed by atoms with Crippen molar-refractivity contribution in [2.24, 2.45) is 0 Å². The molecule has 2 aliphatic rings. The van der Waals surface area contributed by atoms with Gasteiger partial charge in [0.2, 0.25) is 5.95 Å². The molecule has 3 aromatic rings. The lowest BCUT2D eigenvalue weighted by Crippen LogP contribution is -2.33. The maximum Gasteiger partial charge on any atom is 0.226 e. The highest BCUT2D eigenvalue weighted by Gasteiger charge is 2.39. The predicted molar refractivity (Wildman–Crippen MR) is 102 cm³/mol. The van der Waals surface area contributed by atoms with Gasteiger partial charge in [0.1, 0.15) is 23.9 Å². The number of allylic oxidation sites excluding steroid dienone is 2. The molecule has 0 radical (unpaired) electrons. The fourth-order valence-corrected chi connectivity index (χ4v) is 4.13. The zero-order valence-corrected chi connectivity index (χ0v) is 15.5. The largest absolute Gasteiger partial charge is 0.494 e. The number of fused-ring (bicyclic) bond motifs is 1. The van der Waals surface area contributed by atoms with E-state index in [0.717, 1.165) is 28.3 Å². The Morgan fingerprint density at radius 3 is 3.04 bits per heavy atom. The number of nitrogens with one attached hydrogen (secondary N) is 1. The first kappa shape index (κ1) is 16.8. The van der Waals surface area contributed by atoms with Crippen LogP contribution in [0.5, 0.6) is 5.75 Å². The number of hydrogen-bond acceptors (Lipinski definition) is 6. The van der Waals surface area contributed by atoms with Crippen LogP contribution in [0.2, 0.25) is 0 Å². The lowest BCUT2D eigenvalue weighted by atomic mass is 9.79. The quantitative estimate of drug-likeness (QED) is 0.748. The molecule has 0 spiro atoms. The number of benzene rings is 1. The number of nitrogens with zero attached hydrogens (tertiary/aromatic N) is 3. The van der Waals surface area contributed by atoms with Gasteiger partial charge in [0.25, 0.3) is 0 Å². The van der Waals surface area contributed by atoms with Crippen LogP contribution in [-0.4, -0.2) is 27.2 Å². The molecule has 2 atom stereocenters. The zero-order chi connectivity index (χ0) is 19.1. The Kier molecular flexibility index (Phi) is 4.00. The van der Waals surface area contributed by atoms with Crippen LogP contribution in [0.25, 0.3) is 0 Å². The lowest BCUT2D eigenvalue weighted by molar-refractivity contribution is -0.117. The minimum atomic E-state index is -0.320. The summed E-state index contributed by atoms with van der Waals surface area (Å²) in [6, 6.07) is 11.3. The Labute approximate surface area is 162 Å². The van der Waals surface area contributed by atoms with Crippen molar-refractivity contribution in [3.8, 4) is 5.75 Å².